The molecule has 0 aliphatic heterocycles. The van der Waals surface area contributed by atoms with E-state index in [1.807, 2.05) is 13.8 Å². The summed E-state index contributed by atoms with van der Waals surface area (Å²) in [5.41, 5.74) is 5.00. The van der Waals surface area contributed by atoms with Gasteiger partial charge in [0.1, 0.15) is 6.54 Å². The number of amides is 1. The van der Waals surface area contributed by atoms with Gasteiger partial charge in [0, 0.05) is 6.04 Å². The van der Waals surface area contributed by atoms with E-state index in [-0.39, 0.29) is 18.5 Å². The van der Waals surface area contributed by atoms with Gasteiger partial charge in [0.2, 0.25) is 5.91 Å². The van der Waals surface area contributed by atoms with Gasteiger partial charge in [-0.25, -0.2) is 0 Å². The molecule has 1 rings (SSSR count). The summed E-state index contributed by atoms with van der Waals surface area (Å²) >= 11 is 0. The molecule has 1 amide bonds. The highest BCUT2D eigenvalue weighted by Crippen LogP contribution is 2.34. The number of nitrogens with zero attached hydrogens (tertiary/aromatic N) is 1. The molecule has 0 saturated heterocycles. The van der Waals surface area contributed by atoms with E-state index in [1.54, 1.807) is 0 Å². The van der Waals surface area contributed by atoms with Gasteiger partial charge in [-0.2, -0.15) is 0 Å². The van der Waals surface area contributed by atoms with Crippen LogP contribution in [0.3, 0.4) is 0 Å². The fraction of sp³-hybridized carbons (Fsp3) is 0.800. The van der Waals surface area contributed by atoms with Crippen molar-refractivity contribution in [3.63, 3.8) is 0 Å². The molecule has 0 radical (unpaired) electrons. The third kappa shape index (κ3) is 2.68. The zero-order chi connectivity index (χ0) is 11.6. The molecule has 0 aromatic rings. The van der Waals surface area contributed by atoms with Crippen molar-refractivity contribution < 1.29 is 14.7 Å². The lowest BCUT2D eigenvalue weighted by Crippen LogP contribution is -2.51. The summed E-state index contributed by atoms with van der Waals surface area (Å²) in [5, 5.41) is 8.73. The lowest BCUT2D eigenvalue weighted by Gasteiger charge is -2.29. The number of rotatable bonds is 5. The predicted octanol–water partition coefficient (Wildman–Crippen LogP) is 0.189. The molecular formula is C10H18N2O3. The number of hydrogen-bond donors (Lipinski definition) is 2. The van der Waals surface area contributed by atoms with E-state index < -0.39 is 11.5 Å². The molecule has 0 heterocycles. The molecule has 1 unspecified atom stereocenters. The Hall–Kier alpha value is -1.10. The van der Waals surface area contributed by atoms with Crippen molar-refractivity contribution in [2.75, 3.05) is 6.54 Å². The van der Waals surface area contributed by atoms with Crippen LogP contribution in [0.2, 0.25) is 0 Å². The van der Waals surface area contributed by atoms with E-state index in [0.29, 0.717) is 12.8 Å². The minimum absolute atomic E-state index is 0.0744. The number of carboxylic acid groups (broad SMARTS) is 1. The normalized spacial score (nSPS) is 19.4. The summed E-state index contributed by atoms with van der Waals surface area (Å²) in [5.74, 6) is -1.22. The first-order valence-corrected chi connectivity index (χ1v) is 5.22. The summed E-state index contributed by atoms with van der Waals surface area (Å²) in [6.07, 6.45) is 2.06. The van der Waals surface area contributed by atoms with Crippen LogP contribution in [0.15, 0.2) is 0 Å². The third-order valence-corrected chi connectivity index (χ3v) is 2.90. The van der Waals surface area contributed by atoms with Gasteiger partial charge in [-0.05, 0) is 26.2 Å². The Balaban J connectivity index is 2.71. The van der Waals surface area contributed by atoms with E-state index in [1.165, 1.54) is 4.90 Å². The highest BCUT2D eigenvalue weighted by Gasteiger charge is 2.49. The molecule has 0 aromatic carbocycles. The molecule has 3 N–H and O–H groups in total. The Labute approximate surface area is 89.2 Å². The second kappa shape index (κ2) is 4.18. The zero-order valence-electron chi connectivity index (χ0n) is 9.19. The molecule has 5 nitrogen and oxygen atoms in total. The summed E-state index contributed by atoms with van der Waals surface area (Å²) in [6, 6.07) is -0.0744. The van der Waals surface area contributed by atoms with Gasteiger partial charge >= 0.3 is 5.97 Å². The van der Waals surface area contributed by atoms with Crippen LogP contribution in [-0.4, -0.2) is 40.0 Å². The number of hydrogen-bond acceptors (Lipinski definition) is 3. The molecule has 1 saturated carbocycles. The van der Waals surface area contributed by atoms with Crippen LogP contribution in [0.1, 0.15) is 33.1 Å². The van der Waals surface area contributed by atoms with Gasteiger partial charge in [-0.3, -0.25) is 9.59 Å². The molecule has 15 heavy (non-hydrogen) atoms. The summed E-state index contributed by atoms with van der Waals surface area (Å²) < 4.78 is 0. The van der Waals surface area contributed by atoms with Crippen molar-refractivity contribution >= 4 is 11.9 Å². The van der Waals surface area contributed by atoms with Gasteiger partial charge in [0.05, 0.1) is 5.54 Å². The van der Waals surface area contributed by atoms with Gasteiger partial charge in [-0.15, -0.1) is 0 Å². The number of carbonyl (C=O) groups is 2. The summed E-state index contributed by atoms with van der Waals surface area (Å²) in [6.45, 7) is 3.50. The van der Waals surface area contributed by atoms with Gasteiger partial charge in [-0.1, -0.05) is 6.92 Å². The topological polar surface area (TPSA) is 83.6 Å². The maximum Gasteiger partial charge on any atom is 0.323 e. The fourth-order valence-corrected chi connectivity index (χ4v) is 1.43. The third-order valence-electron chi connectivity index (χ3n) is 2.90. The summed E-state index contributed by atoms with van der Waals surface area (Å²) in [4.78, 5) is 23.9. The van der Waals surface area contributed by atoms with Crippen molar-refractivity contribution in [1.82, 2.24) is 4.90 Å². The Kier molecular flexibility index (Phi) is 3.34. The second-order valence-corrected chi connectivity index (χ2v) is 4.24. The van der Waals surface area contributed by atoms with Gasteiger partial charge in [0.15, 0.2) is 0 Å². The Morgan fingerprint density at radius 3 is 2.40 bits per heavy atom. The Morgan fingerprint density at radius 2 is 2.07 bits per heavy atom. The number of nitrogens with two attached hydrogens (primary N) is 1. The van der Waals surface area contributed by atoms with Crippen molar-refractivity contribution in [1.29, 1.82) is 0 Å². The molecule has 1 fully saturated rings. The quantitative estimate of drug-likeness (QED) is 0.684. The van der Waals surface area contributed by atoms with Crippen LogP contribution >= 0.6 is 0 Å². The molecule has 1 atom stereocenters. The average molecular weight is 214 g/mol. The molecule has 0 spiro atoms. The predicted molar refractivity (Wildman–Crippen MR) is 55.3 cm³/mol. The van der Waals surface area contributed by atoms with Crippen LogP contribution in [-0.2, 0) is 9.59 Å². The molecule has 1 aliphatic carbocycles. The SMILES string of the molecule is CCC(C)N(CC(=O)O)C(=O)C1(N)CC1. The maximum absolute atomic E-state index is 11.9. The lowest BCUT2D eigenvalue weighted by molar-refractivity contribution is -0.147. The molecule has 86 valence electrons. The van der Waals surface area contributed by atoms with Crippen LogP contribution < -0.4 is 5.73 Å². The van der Waals surface area contributed by atoms with Gasteiger partial charge < -0.3 is 15.7 Å². The van der Waals surface area contributed by atoms with Crippen molar-refractivity contribution in [3.8, 4) is 0 Å². The molecular weight excluding hydrogens is 196 g/mol. The maximum atomic E-state index is 11.9. The van der Waals surface area contributed by atoms with E-state index in [0.717, 1.165) is 6.42 Å². The second-order valence-electron chi connectivity index (χ2n) is 4.24. The van der Waals surface area contributed by atoms with Crippen LogP contribution in [0, 0.1) is 0 Å². The largest absolute Gasteiger partial charge is 0.480 e. The van der Waals surface area contributed by atoms with Crippen molar-refractivity contribution in [2.45, 2.75) is 44.7 Å². The smallest absolute Gasteiger partial charge is 0.323 e. The van der Waals surface area contributed by atoms with Gasteiger partial charge in [0.25, 0.3) is 0 Å². The number of carboxylic acids is 1. The first kappa shape index (κ1) is 12.0. The number of aliphatic carboxylic acids is 1. The molecule has 0 aromatic heterocycles. The first-order valence-electron chi connectivity index (χ1n) is 5.22. The van der Waals surface area contributed by atoms with Crippen LogP contribution in [0.25, 0.3) is 0 Å². The van der Waals surface area contributed by atoms with E-state index in [2.05, 4.69) is 0 Å². The van der Waals surface area contributed by atoms with Crippen LogP contribution in [0.5, 0.6) is 0 Å². The summed E-state index contributed by atoms with van der Waals surface area (Å²) in [7, 11) is 0. The van der Waals surface area contributed by atoms with Crippen molar-refractivity contribution in [3.05, 3.63) is 0 Å². The van der Waals surface area contributed by atoms with E-state index >= 15 is 0 Å². The van der Waals surface area contributed by atoms with E-state index in [4.69, 9.17) is 10.8 Å². The monoisotopic (exact) mass is 214 g/mol. The average Bonchev–Trinajstić information content (AvgIpc) is 2.91. The molecule has 0 bridgehead atoms. The fourth-order valence-electron chi connectivity index (χ4n) is 1.43. The molecule has 5 heteroatoms. The highest BCUT2D eigenvalue weighted by atomic mass is 16.4. The Morgan fingerprint density at radius 1 is 1.53 bits per heavy atom. The Bertz CT molecular complexity index is 274. The standard InChI is InChI=1S/C10H18N2O3/c1-3-7(2)12(6-8(13)14)9(15)10(11)4-5-10/h7H,3-6,11H2,1-2H3,(H,13,14). The first-order chi connectivity index (χ1) is 6.90. The molecule has 1 aliphatic rings. The minimum atomic E-state index is -0.993. The number of carbonyl (C=O) groups excluding carboxylic acids is 1. The lowest BCUT2D eigenvalue weighted by atomic mass is 10.1. The van der Waals surface area contributed by atoms with E-state index in [9.17, 15) is 9.59 Å². The van der Waals surface area contributed by atoms with Crippen molar-refractivity contribution in [2.24, 2.45) is 5.73 Å². The van der Waals surface area contributed by atoms with Crippen LogP contribution in [0.4, 0.5) is 0 Å². The minimum Gasteiger partial charge on any atom is -0.480 e. The highest BCUT2D eigenvalue weighted by molar-refractivity contribution is 5.91. The zero-order valence-corrected chi connectivity index (χ0v) is 9.19.